The third-order valence-electron chi connectivity index (χ3n) is 6.27. The van der Waals surface area contributed by atoms with Gasteiger partial charge in [-0.2, -0.15) is 4.79 Å². The molecule has 1 aliphatic carbocycles. The molecule has 1 aliphatic heterocycles. The largest absolute Gasteiger partial charge is 0.298 e. The minimum atomic E-state index is -2.84. The summed E-state index contributed by atoms with van der Waals surface area (Å²) in [5, 5.41) is 2.37. The van der Waals surface area contributed by atoms with Gasteiger partial charge in [0, 0.05) is 49.5 Å². The van der Waals surface area contributed by atoms with Crippen LogP contribution in [0.5, 0.6) is 0 Å². The van der Waals surface area contributed by atoms with Crippen molar-refractivity contribution in [2.45, 2.75) is 32.4 Å². The number of rotatable bonds is 7. The molecule has 2 atom stereocenters. The van der Waals surface area contributed by atoms with Gasteiger partial charge in [0.15, 0.2) is 0 Å². The van der Waals surface area contributed by atoms with E-state index >= 15 is 0 Å². The molecule has 7 nitrogen and oxygen atoms in total. The van der Waals surface area contributed by atoms with Gasteiger partial charge in [-0.15, -0.1) is 0 Å². The average Bonchev–Trinajstić information content (AvgIpc) is 3.03. The number of hydrogen-bond donors (Lipinski definition) is 1. The van der Waals surface area contributed by atoms with Gasteiger partial charge in [0.2, 0.25) is 0 Å². The lowest BCUT2D eigenvalue weighted by Crippen LogP contribution is -2.50. The molecule has 0 bridgehead atoms. The molecule has 4 rings (SSSR count). The molecule has 1 aromatic carbocycles. The van der Waals surface area contributed by atoms with Crippen molar-refractivity contribution >= 4 is 31.6 Å². The van der Waals surface area contributed by atoms with Crippen molar-refractivity contribution in [2.24, 2.45) is 5.92 Å². The molecule has 0 saturated carbocycles. The minimum Gasteiger partial charge on any atom is -0.298 e. The van der Waals surface area contributed by atoms with Crippen molar-refractivity contribution in [3.63, 3.8) is 0 Å². The number of likely N-dealkylation sites (N-methyl/N-ethyl adjacent to an activating group) is 1. The molecule has 1 amide bonds. The number of carbonyl (C=O) groups excluding carboxylic acids is 1. The van der Waals surface area contributed by atoms with E-state index < -0.39 is 9.25 Å². The molecule has 0 fully saturated rings. The predicted octanol–water partition coefficient (Wildman–Crippen LogP) is 2.63. The third kappa shape index (κ3) is 4.91. The number of hydrogen-bond acceptors (Lipinski definition) is 4. The highest BCUT2D eigenvalue weighted by Crippen LogP contribution is 2.41. The highest BCUT2D eigenvalue weighted by Gasteiger charge is 2.38. The highest BCUT2D eigenvalue weighted by atomic mass is 32.3. The topological polar surface area (TPSA) is 66.8 Å². The van der Waals surface area contributed by atoms with Gasteiger partial charge in [0.05, 0.1) is 24.1 Å². The molecule has 9 heteroatoms. The second-order valence-electron chi connectivity index (χ2n) is 10.5. The summed E-state index contributed by atoms with van der Waals surface area (Å²) in [5.74, 6) is -0.479. The lowest BCUT2D eigenvalue weighted by molar-refractivity contribution is -0.199. The smallest absolute Gasteiger partial charge is 0.254 e. The Balaban J connectivity index is 1.58. The van der Waals surface area contributed by atoms with Crippen LogP contribution in [0.3, 0.4) is 0 Å². The fourth-order valence-electron chi connectivity index (χ4n) is 4.83. The van der Waals surface area contributed by atoms with E-state index in [1.807, 2.05) is 39.1 Å². The molecule has 182 valence electrons. The van der Waals surface area contributed by atoms with E-state index in [1.54, 1.807) is 31.0 Å². The molecule has 0 radical (unpaired) electrons. The van der Waals surface area contributed by atoms with Gasteiger partial charge in [-0.1, -0.05) is 31.9 Å². The van der Waals surface area contributed by atoms with E-state index in [1.165, 1.54) is 5.06 Å². The Morgan fingerprint density at radius 1 is 1.33 bits per heavy atom. The summed E-state index contributed by atoms with van der Waals surface area (Å²) >= 11 is 0. The van der Waals surface area contributed by atoms with Gasteiger partial charge in [-0.25, -0.2) is 5.06 Å². The van der Waals surface area contributed by atoms with Gasteiger partial charge >= 0.3 is 0 Å². The molecule has 1 aromatic heterocycles. The summed E-state index contributed by atoms with van der Waals surface area (Å²) in [7, 11) is -0.829. The van der Waals surface area contributed by atoms with Crippen LogP contribution in [0.4, 0.5) is 4.48 Å². The normalized spacial score (nSPS) is 22.1. The molecule has 2 heterocycles. The first-order valence-corrected chi connectivity index (χ1v) is 14.5. The number of hydroxylamine groups is 2. The summed E-state index contributed by atoms with van der Waals surface area (Å²) < 4.78 is 29.8. The van der Waals surface area contributed by atoms with Crippen LogP contribution in [-0.4, -0.2) is 82.5 Å². The van der Waals surface area contributed by atoms with Gasteiger partial charge in [-0.3, -0.25) is 23.5 Å². The summed E-state index contributed by atoms with van der Waals surface area (Å²) in [6.45, 7) is 5.01. The highest BCUT2D eigenvalue weighted by molar-refractivity contribution is 8.16. The Labute approximate surface area is 195 Å². The van der Waals surface area contributed by atoms with Crippen LogP contribution in [-0.2, 0) is 25.3 Å². The molecular weight excluding hydrogens is 443 g/mol. The first kappa shape index (κ1) is 24.1. The summed E-state index contributed by atoms with van der Waals surface area (Å²) in [5.41, 5.74) is 3.63. The van der Waals surface area contributed by atoms with E-state index in [0.717, 1.165) is 28.5 Å². The lowest BCUT2D eigenvalue weighted by Gasteiger charge is -2.40. The zero-order valence-corrected chi connectivity index (χ0v) is 21.1. The molecular formula is C24H35FN4O3S. The maximum Gasteiger partial charge on any atom is 0.254 e. The van der Waals surface area contributed by atoms with Gasteiger partial charge in [-0.05, 0) is 50.1 Å². The van der Waals surface area contributed by atoms with Crippen molar-refractivity contribution in [2.75, 3.05) is 45.5 Å². The number of benzene rings is 1. The summed E-state index contributed by atoms with van der Waals surface area (Å²) in [4.78, 5) is 22.2. The van der Waals surface area contributed by atoms with E-state index in [4.69, 9.17) is 4.84 Å². The zero-order chi connectivity index (χ0) is 24.2. The number of nitrogens with one attached hydrogen (secondary N) is 1. The molecule has 33 heavy (non-hydrogen) atoms. The molecule has 2 aromatic rings. The molecule has 1 N–H and O–H groups in total. The van der Waals surface area contributed by atoms with Crippen LogP contribution in [0.15, 0.2) is 30.5 Å². The van der Waals surface area contributed by atoms with E-state index in [0.29, 0.717) is 23.4 Å². The molecule has 0 spiro atoms. The van der Waals surface area contributed by atoms with Crippen LogP contribution in [0, 0.1) is 5.92 Å². The van der Waals surface area contributed by atoms with Crippen LogP contribution in [0.25, 0.3) is 16.5 Å². The van der Waals surface area contributed by atoms with Crippen LogP contribution in [0.2, 0.25) is 0 Å². The number of carbonyl (C=O) groups is 1. The second kappa shape index (κ2) is 8.30. The Morgan fingerprint density at radius 3 is 2.73 bits per heavy atom. The Bertz CT molecular complexity index is 1170. The summed E-state index contributed by atoms with van der Waals surface area (Å²) in [6, 6.07) is 5.62. The number of nitrogens with zero attached hydrogens (tertiary/aromatic N) is 3. The van der Waals surface area contributed by atoms with Gasteiger partial charge in [0.25, 0.3) is 5.91 Å². The maximum absolute atomic E-state index is 14.4. The fraction of sp³-hybridized carbons (Fsp3) is 0.542. The molecule has 0 unspecified atom stereocenters. The second-order valence-corrected chi connectivity index (χ2v) is 15.6. The van der Waals surface area contributed by atoms with Crippen molar-refractivity contribution in [1.82, 2.24) is 19.5 Å². The SMILES string of the molecule is CC(C)N(OCCNS(C)(C)(C)=O)C(=O)[C@@H]1C=C2c3cccc4c3c(cn4F)C[C@H]2N(C)C1. The van der Waals surface area contributed by atoms with Crippen molar-refractivity contribution in [3.8, 4) is 0 Å². The van der Waals surface area contributed by atoms with Crippen LogP contribution in [0.1, 0.15) is 25.0 Å². The van der Waals surface area contributed by atoms with E-state index in [9.17, 15) is 13.5 Å². The first-order valence-electron chi connectivity index (χ1n) is 11.3. The molecule has 0 saturated heterocycles. The van der Waals surface area contributed by atoms with Crippen molar-refractivity contribution < 1.29 is 18.3 Å². The predicted molar refractivity (Wildman–Crippen MR) is 132 cm³/mol. The standard InChI is InChI=1S/C24H35FN4O3S/c1-16(2)29(32-11-10-26-33(4,5,6)31)24(30)18-12-20-19-8-7-9-21-23(19)17(15-28(21)25)13-22(20)27(3)14-18/h7-9,12,15-16,18,22H,10-11,13-14H2,1-6H3,(H,26,31)/t18-,22-/m1/s1. The van der Waals surface area contributed by atoms with Crippen molar-refractivity contribution in [3.05, 3.63) is 41.6 Å². The Hall–Kier alpha value is -2.07. The molecule has 2 aliphatic rings. The Kier molecular flexibility index (Phi) is 6.05. The average molecular weight is 479 g/mol. The van der Waals surface area contributed by atoms with Crippen molar-refractivity contribution in [1.29, 1.82) is 0 Å². The first-order chi connectivity index (χ1) is 15.3. The van der Waals surface area contributed by atoms with Gasteiger partial charge in [0.1, 0.15) is 0 Å². The van der Waals surface area contributed by atoms with Gasteiger partial charge < -0.3 is 0 Å². The number of halogens is 1. The fourth-order valence-corrected chi connectivity index (χ4v) is 5.61. The number of aromatic nitrogens is 1. The third-order valence-corrected chi connectivity index (χ3v) is 7.46. The van der Waals surface area contributed by atoms with Crippen LogP contribution >= 0.6 is 0 Å². The van der Waals surface area contributed by atoms with E-state index in [-0.39, 0.29) is 30.5 Å². The number of amides is 1. The number of fused-ring (bicyclic) bond motifs is 2. The van der Waals surface area contributed by atoms with E-state index in [2.05, 4.69) is 9.62 Å². The summed E-state index contributed by atoms with van der Waals surface area (Å²) in [6.07, 6.45) is 9.37. The zero-order valence-electron chi connectivity index (χ0n) is 20.3. The quantitative estimate of drug-likeness (QED) is 0.491. The monoisotopic (exact) mass is 478 g/mol. The van der Waals surface area contributed by atoms with Crippen LogP contribution < -0.4 is 4.72 Å². The Morgan fingerprint density at radius 2 is 2.06 bits per heavy atom. The minimum absolute atomic E-state index is 0.106. The maximum atomic E-state index is 14.4. The lowest BCUT2D eigenvalue weighted by atomic mass is 9.79.